The van der Waals surface area contributed by atoms with Crippen LogP contribution in [0.4, 0.5) is 0 Å². The lowest BCUT2D eigenvalue weighted by molar-refractivity contribution is -0.117. The zero-order valence-corrected chi connectivity index (χ0v) is 9.08. The zero-order chi connectivity index (χ0) is 10.6. The molecule has 0 bridgehead atoms. The van der Waals surface area contributed by atoms with E-state index in [1.165, 1.54) is 6.92 Å². The van der Waals surface area contributed by atoms with Gasteiger partial charge in [0, 0.05) is 0 Å². The van der Waals surface area contributed by atoms with Gasteiger partial charge in [-0.15, -0.1) is 11.6 Å². The molecule has 1 aromatic rings. The number of Topliss-reactive ketones (excluding diaryl/α,β-unsaturated/α-hetero) is 1. The van der Waals surface area contributed by atoms with E-state index < -0.39 is 5.38 Å². The molecule has 14 heavy (non-hydrogen) atoms. The molecule has 0 aliphatic heterocycles. The summed E-state index contributed by atoms with van der Waals surface area (Å²) in [7, 11) is 1.80. The van der Waals surface area contributed by atoms with E-state index in [2.05, 4.69) is 5.32 Å². The summed E-state index contributed by atoms with van der Waals surface area (Å²) in [5.74, 6) is -0.0186. The summed E-state index contributed by atoms with van der Waals surface area (Å²) >= 11 is 6.00. The van der Waals surface area contributed by atoms with E-state index in [1.54, 1.807) is 7.05 Å². The van der Waals surface area contributed by atoms with Crippen molar-refractivity contribution in [3.8, 4) is 0 Å². The first-order valence-electron chi connectivity index (χ1n) is 4.53. The molecule has 0 aromatic heterocycles. The van der Waals surface area contributed by atoms with Crippen LogP contribution in [-0.4, -0.2) is 18.2 Å². The number of carbonyl (C=O) groups is 1. The van der Waals surface area contributed by atoms with Crippen LogP contribution in [0.15, 0.2) is 30.3 Å². The van der Waals surface area contributed by atoms with E-state index in [0.717, 1.165) is 5.56 Å². The number of hydrogen-bond donors (Lipinski definition) is 1. The van der Waals surface area contributed by atoms with Crippen LogP contribution in [0.5, 0.6) is 0 Å². The molecule has 0 amide bonds. The Morgan fingerprint density at radius 1 is 1.36 bits per heavy atom. The zero-order valence-electron chi connectivity index (χ0n) is 8.33. The Morgan fingerprint density at radius 3 is 2.36 bits per heavy atom. The molecule has 2 atom stereocenters. The summed E-state index contributed by atoms with van der Waals surface area (Å²) in [6.07, 6.45) is 0. The van der Waals surface area contributed by atoms with Crippen LogP contribution in [0.2, 0.25) is 0 Å². The van der Waals surface area contributed by atoms with Gasteiger partial charge in [0.2, 0.25) is 0 Å². The second-order valence-corrected chi connectivity index (χ2v) is 3.66. The Labute approximate surface area is 89.3 Å². The van der Waals surface area contributed by atoms with Gasteiger partial charge in [-0.3, -0.25) is 4.79 Å². The van der Waals surface area contributed by atoms with Crippen molar-refractivity contribution in [1.82, 2.24) is 5.32 Å². The fourth-order valence-electron chi connectivity index (χ4n) is 1.38. The lowest BCUT2D eigenvalue weighted by atomic mass is 10.0. The molecule has 76 valence electrons. The molecule has 2 unspecified atom stereocenters. The third kappa shape index (κ3) is 2.56. The highest BCUT2D eigenvalue weighted by atomic mass is 35.5. The minimum Gasteiger partial charge on any atom is -0.311 e. The molecule has 0 spiro atoms. The highest BCUT2D eigenvalue weighted by Gasteiger charge is 2.22. The molecule has 0 aliphatic carbocycles. The summed E-state index contributed by atoms with van der Waals surface area (Å²) in [5.41, 5.74) is 1.03. The van der Waals surface area contributed by atoms with Gasteiger partial charge in [0.05, 0.1) is 6.04 Å². The third-order valence-corrected chi connectivity index (χ3v) is 2.71. The van der Waals surface area contributed by atoms with E-state index in [1.807, 2.05) is 30.3 Å². The number of carbonyl (C=O) groups excluding carboxylic acids is 1. The number of benzene rings is 1. The Hall–Kier alpha value is -0.860. The standard InChI is InChI=1S/C11H14ClNO/c1-8(14)10(12)11(13-2)9-6-4-3-5-7-9/h3-7,10-11,13H,1-2H3. The second kappa shape index (κ2) is 5.13. The number of rotatable bonds is 4. The summed E-state index contributed by atoms with van der Waals surface area (Å²) in [6, 6.07) is 9.61. The quantitative estimate of drug-likeness (QED) is 0.774. The normalized spacial score (nSPS) is 14.8. The highest BCUT2D eigenvalue weighted by molar-refractivity contribution is 6.31. The van der Waals surface area contributed by atoms with Gasteiger partial charge < -0.3 is 5.32 Å². The number of ketones is 1. The third-order valence-electron chi connectivity index (χ3n) is 2.15. The molecule has 0 radical (unpaired) electrons. The predicted octanol–water partition coefficient (Wildman–Crippen LogP) is 2.14. The van der Waals surface area contributed by atoms with Crippen molar-refractivity contribution >= 4 is 17.4 Å². The summed E-state index contributed by atoms with van der Waals surface area (Å²) in [4.78, 5) is 11.1. The molecule has 0 heterocycles. The SMILES string of the molecule is CNC(c1ccccc1)C(Cl)C(C)=O. The number of halogens is 1. The first kappa shape index (κ1) is 11.2. The Morgan fingerprint density at radius 2 is 1.93 bits per heavy atom. The van der Waals surface area contributed by atoms with Crippen LogP contribution in [0.25, 0.3) is 0 Å². The predicted molar refractivity (Wildman–Crippen MR) is 58.6 cm³/mol. The van der Waals surface area contributed by atoms with E-state index in [9.17, 15) is 4.79 Å². The Kier molecular flexibility index (Phi) is 4.11. The molecule has 1 rings (SSSR count). The molecule has 0 aliphatic rings. The summed E-state index contributed by atoms with van der Waals surface area (Å²) in [6.45, 7) is 1.50. The smallest absolute Gasteiger partial charge is 0.149 e. The van der Waals surface area contributed by atoms with Crippen LogP contribution < -0.4 is 5.32 Å². The molecule has 3 heteroatoms. The van der Waals surface area contributed by atoms with Gasteiger partial charge in [0.25, 0.3) is 0 Å². The molecule has 1 aromatic carbocycles. The minimum absolute atomic E-state index is 0.0186. The van der Waals surface area contributed by atoms with Gasteiger partial charge in [0.1, 0.15) is 11.2 Å². The van der Waals surface area contributed by atoms with Crippen molar-refractivity contribution in [2.75, 3.05) is 7.05 Å². The summed E-state index contributed by atoms with van der Waals surface area (Å²) < 4.78 is 0. The maximum Gasteiger partial charge on any atom is 0.149 e. The average Bonchev–Trinajstić information content (AvgIpc) is 2.20. The van der Waals surface area contributed by atoms with Crippen LogP contribution in [0.3, 0.4) is 0 Å². The topological polar surface area (TPSA) is 29.1 Å². The van der Waals surface area contributed by atoms with Crippen molar-refractivity contribution in [3.63, 3.8) is 0 Å². The van der Waals surface area contributed by atoms with Gasteiger partial charge in [-0.05, 0) is 19.5 Å². The maximum atomic E-state index is 11.1. The van der Waals surface area contributed by atoms with Crippen LogP contribution in [0, 0.1) is 0 Å². The van der Waals surface area contributed by atoms with Crippen molar-refractivity contribution in [2.45, 2.75) is 18.3 Å². The van der Waals surface area contributed by atoms with Gasteiger partial charge in [-0.25, -0.2) is 0 Å². The maximum absolute atomic E-state index is 11.1. The van der Waals surface area contributed by atoms with Crippen molar-refractivity contribution in [1.29, 1.82) is 0 Å². The van der Waals surface area contributed by atoms with Crippen molar-refractivity contribution in [2.24, 2.45) is 0 Å². The largest absolute Gasteiger partial charge is 0.311 e. The van der Waals surface area contributed by atoms with Gasteiger partial charge in [-0.1, -0.05) is 30.3 Å². The minimum atomic E-state index is -0.512. The van der Waals surface area contributed by atoms with E-state index in [-0.39, 0.29) is 11.8 Å². The van der Waals surface area contributed by atoms with E-state index in [4.69, 9.17) is 11.6 Å². The van der Waals surface area contributed by atoms with E-state index >= 15 is 0 Å². The molecular formula is C11H14ClNO. The monoisotopic (exact) mass is 211 g/mol. The average molecular weight is 212 g/mol. The van der Waals surface area contributed by atoms with Gasteiger partial charge in [-0.2, -0.15) is 0 Å². The Balaban J connectivity index is 2.87. The number of nitrogens with one attached hydrogen (secondary N) is 1. The highest BCUT2D eigenvalue weighted by Crippen LogP contribution is 2.21. The lowest BCUT2D eigenvalue weighted by Gasteiger charge is -2.19. The second-order valence-electron chi connectivity index (χ2n) is 3.19. The van der Waals surface area contributed by atoms with Gasteiger partial charge in [0.15, 0.2) is 0 Å². The molecular weight excluding hydrogens is 198 g/mol. The fourth-order valence-corrected chi connectivity index (χ4v) is 1.65. The fraction of sp³-hybridized carbons (Fsp3) is 0.364. The molecule has 0 fully saturated rings. The molecule has 1 N–H and O–H groups in total. The number of hydrogen-bond acceptors (Lipinski definition) is 2. The van der Waals surface area contributed by atoms with Crippen LogP contribution >= 0.6 is 11.6 Å². The molecule has 0 saturated heterocycles. The Bertz CT molecular complexity index is 299. The van der Waals surface area contributed by atoms with Crippen LogP contribution in [-0.2, 0) is 4.79 Å². The summed E-state index contributed by atoms with van der Waals surface area (Å²) in [5, 5.41) is 2.54. The van der Waals surface area contributed by atoms with Crippen molar-refractivity contribution in [3.05, 3.63) is 35.9 Å². The molecule has 0 saturated carbocycles. The first-order valence-corrected chi connectivity index (χ1v) is 4.97. The van der Waals surface area contributed by atoms with Gasteiger partial charge >= 0.3 is 0 Å². The van der Waals surface area contributed by atoms with Crippen molar-refractivity contribution < 1.29 is 4.79 Å². The lowest BCUT2D eigenvalue weighted by Crippen LogP contribution is -2.30. The molecule has 2 nitrogen and oxygen atoms in total. The number of alkyl halides is 1. The van der Waals surface area contributed by atoms with E-state index in [0.29, 0.717) is 0 Å². The first-order chi connectivity index (χ1) is 6.66. The van der Waals surface area contributed by atoms with Crippen LogP contribution in [0.1, 0.15) is 18.5 Å².